The molecule has 0 saturated carbocycles. The van der Waals surface area contributed by atoms with Crippen LogP contribution in [0, 0.1) is 16.7 Å². The summed E-state index contributed by atoms with van der Waals surface area (Å²) in [5.74, 6) is 0.649. The molecule has 0 aromatic carbocycles. The summed E-state index contributed by atoms with van der Waals surface area (Å²) in [4.78, 5) is 12.7. The molecule has 0 aromatic rings. The monoisotopic (exact) mass is 315 g/mol. The van der Waals surface area contributed by atoms with Crippen LogP contribution in [0.4, 0.5) is 0 Å². The molecule has 134 valence electrons. The Morgan fingerprint density at radius 3 is 1.82 bits per heavy atom. The van der Waals surface area contributed by atoms with Gasteiger partial charge in [-0.3, -0.25) is 4.79 Å². The van der Waals surface area contributed by atoms with Gasteiger partial charge in [-0.2, -0.15) is 0 Å². The van der Waals surface area contributed by atoms with E-state index in [2.05, 4.69) is 33.0 Å². The van der Waals surface area contributed by atoms with Crippen molar-refractivity contribution < 1.29 is 9.53 Å². The highest BCUT2D eigenvalue weighted by Gasteiger charge is 2.38. The predicted molar refractivity (Wildman–Crippen MR) is 97.1 cm³/mol. The van der Waals surface area contributed by atoms with Crippen LogP contribution in [0.2, 0.25) is 0 Å². The Labute approximate surface area is 139 Å². The molecule has 22 heavy (non-hydrogen) atoms. The van der Waals surface area contributed by atoms with Crippen molar-refractivity contribution in [1.29, 1.82) is 0 Å². The molecule has 3 heteroatoms. The van der Waals surface area contributed by atoms with Gasteiger partial charge in [-0.1, -0.05) is 49.0 Å². The molecule has 0 atom stereocenters. The fraction of sp³-hybridized carbons (Fsp3) is 0.947. The van der Waals surface area contributed by atoms with Crippen LogP contribution in [0.1, 0.15) is 83.1 Å². The Bertz CT molecular complexity index is 341. The second-order valence-corrected chi connectivity index (χ2v) is 8.90. The normalized spacial score (nSPS) is 13.3. The molecule has 0 aliphatic heterocycles. The first-order chi connectivity index (χ1) is 9.19. The van der Waals surface area contributed by atoms with Crippen molar-refractivity contribution in [2.24, 2.45) is 16.7 Å². The number of ether oxygens (including phenoxy) is 1. The van der Waals surface area contributed by atoms with Crippen molar-refractivity contribution in [2.45, 2.75) is 94.7 Å². The van der Waals surface area contributed by atoms with Crippen LogP contribution in [0.25, 0.3) is 0 Å². The molecular formula is C19H41NO2. The number of carbonyl (C=O) groups is 1. The first kappa shape index (κ1) is 23.7. The van der Waals surface area contributed by atoms with Gasteiger partial charge < -0.3 is 10.1 Å². The summed E-state index contributed by atoms with van der Waals surface area (Å²) < 4.78 is 5.64. The standard InChI is InChI=1S/C18H37NO2.CH4/c1-13(2)16(5,6)11-17(7,8)15(20)19-18(9,10)12-21-14(3)4;/h13-14H,11-12H2,1-10H3,(H,19,20);1H4. The van der Waals surface area contributed by atoms with E-state index in [0.717, 1.165) is 6.42 Å². The second-order valence-electron chi connectivity index (χ2n) is 8.90. The molecule has 0 unspecified atom stereocenters. The number of carbonyl (C=O) groups excluding carboxylic acids is 1. The van der Waals surface area contributed by atoms with Crippen LogP contribution in [0.3, 0.4) is 0 Å². The Kier molecular flexibility index (Phi) is 8.97. The number of hydrogen-bond donors (Lipinski definition) is 1. The topological polar surface area (TPSA) is 38.3 Å². The molecular weight excluding hydrogens is 274 g/mol. The van der Waals surface area contributed by atoms with Crippen molar-refractivity contribution in [1.82, 2.24) is 5.32 Å². The third kappa shape index (κ3) is 8.17. The summed E-state index contributed by atoms with van der Waals surface area (Å²) in [5.41, 5.74) is -0.594. The Morgan fingerprint density at radius 1 is 1.00 bits per heavy atom. The average Bonchev–Trinajstić information content (AvgIpc) is 2.24. The van der Waals surface area contributed by atoms with Gasteiger partial charge in [0.25, 0.3) is 0 Å². The lowest BCUT2D eigenvalue weighted by atomic mass is 9.69. The van der Waals surface area contributed by atoms with Gasteiger partial charge in [-0.05, 0) is 45.4 Å². The van der Waals surface area contributed by atoms with E-state index in [9.17, 15) is 4.79 Å². The molecule has 0 heterocycles. The third-order valence-corrected chi connectivity index (χ3v) is 4.30. The summed E-state index contributed by atoms with van der Waals surface area (Å²) in [7, 11) is 0. The maximum Gasteiger partial charge on any atom is 0.226 e. The smallest absolute Gasteiger partial charge is 0.226 e. The van der Waals surface area contributed by atoms with Gasteiger partial charge >= 0.3 is 0 Å². The van der Waals surface area contributed by atoms with Crippen molar-refractivity contribution in [3.8, 4) is 0 Å². The maximum atomic E-state index is 12.7. The molecule has 0 bridgehead atoms. The third-order valence-electron chi connectivity index (χ3n) is 4.30. The van der Waals surface area contributed by atoms with E-state index in [1.807, 2.05) is 41.5 Å². The van der Waals surface area contributed by atoms with E-state index >= 15 is 0 Å². The average molecular weight is 316 g/mol. The summed E-state index contributed by atoms with van der Waals surface area (Å²) in [6.45, 7) is 21.5. The minimum absolute atomic E-state index is 0. The fourth-order valence-electron chi connectivity index (χ4n) is 2.31. The molecule has 0 spiro atoms. The summed E-state index contributed by atoms with van der Waals surface area (Å²) in [6, 6.07) is 0. The molecule has 0 fully saturated rings. The van der Waals surface area contributed by atoms with E-state index in [4.69, 9.17) is 4.74 Å². The number of nitrogens with one attached hydrogen (secondary N) is 1. The lowest BCUT2D eigenvalue weighted by molar-refractivity contribution is -0.134. The van der Waals surface area contributed by atoms with Crippen LogP contribution in [0.15, 0.2) is 0 Å². The van der Waals surface area contributed by atoms with Gasteiger partial charge in [-0.15, -0.1) is 0 Å². The zero-order valence-corrected chi connectivity index (χ0v) is 15.9. The Hall–Kier alpha value is -0.570. The van der Waals surface area contributed by atoms with Gasteiger partial charge in [0.1, 0.15) is 0 Å². The minimum Gasteiger partial charge on any atom is -0.376 e. The summed E-state index contributed by atoms with van der Waals surface area (Å²) in [6.07, 6.45) is 1.04. The molecule has 0 aliphatic carbocycles. The van der Waals surface area contributed by atoms with Gasteiger partial charge in [0.2, 0.25) is 5.91 Å². The van der Waals surface area contributed by atoms with Crippen LogP contribution in [0.5, 0.6) is 0 Å². The van der Waals surface area contributed by atoms with Crippen LogP contribution >= 0.6 is 0 Å². The van der Waals surface area contributed by atoms with Crippen molar-refractivity contribution in [2.75, 3.05) is 6.61 Å². The predicted octanol–water partition coefficient (Wildman–Crippen LogP) is 5.04. The van der Waals surface area contributed by atoms with E-state index in [-0.39, 0.29) is 35.8 Å². The fourth-order valence-corrected chi connectivity index (χ4v) is 2.31. The van der Waals surface area contributed by atoms with Crippen LogP contribution in [-0.2, 0) is 9.53 Å². The van der Waals surface area contributed by atoms with E-state index in [1.165, 1.54) is 0 Å². The SMILES string of the molecule is C.CC(C)OCC(C)(C)NC(=O)C(C)(C)CC(C)(C)C(C)C. The van der Waals surface area contributed by atoms with Crippen molar-refractivity contribution in [3.63, 3.8) is 0 Å². The van der Waals surface area contributed by atoms with Gasteiger partial charge in [0.05, 0.1) is 18.2 Å². The van der Waals surface area contributed by atoms with Gasteiger partial charge in [0.15, 0.2) is 0 Å². The first-order valence-corrected chi connectivity index (χ1v) is 8.14. The van der Waals surface area contributed by atoms with Crippen molar-refractivity contribution >= 4 is 5.91 Å². The summed E-state index contributed by atoms with van der Waals surface area (Å²) >= 11 is 0. The molecule has 0 aliphatic rings. The zero-order valence-electron chi connectivity index (χ0n) is 15.9. The molecule has 0 radical (unpaired) electrons. The Morgan fingerprint density at radius 2 is 1.45 bits per heavy atom. The van der Waals surface area contributed by atoms with Crippen LogP contribution < -0.4 is 5.32 Å². The van der Waals surface area contributed by atoms with Gasteiger partial charge in [-0.25, -0.2) is 0 Å². The van der Waals surface area contributed by atoms with E-state index in [1.54, 1.807) is 0 Å². The first-order valence-electron chi connectivity index (χ1n) is 8.14. The number of rotatable bonds is 8. The van der Waals surface area contributed by atoms with Crippen molar-refractivity contribution in [3.05, 3.63) is 0 Å². The highest BCUT2D eigenvalue weighted by Crippen LogP contribution is 2.39. The highest BCUT2D eigenvalue weighted by atomic mass is 16.5. The second kappa shape index (κ2) is 8.33. The molecule has 1 amide bonds. The minimum atomic E-state index is -0.386. The molecule has 0 rings (SSSR count). The zero-order chi connectivity index (χ0) is 17.1. The molecule has 1 N–H and O–H groups in total. The molecule has 0 aromatic heterocycles. The lowest BCUT2D eigenvalue weighted by Crippen LogP contribution is -2.52. The Balaban J connectivity index is 0. The number of hydrogen-bond acceptors (Lipinski definition) is 2. The molecule has 0 saturated heterocycles. The van der Waals surface area contributed by atoms with Crippen LogP contribution in [-0.4, -0.2) is 24.2 Å². The molecule has 3 nitrogen and oxygen atoms in total. The van der Waals surface area contributed by atoms with Gasteiger partial charge in [0, 0.05) is 5.41 Å². The van der Waals surface area contributed by atoms with E-state index < -0.39 is 0 Å². The quantitative estimate of drug-likeness (QED) is 0.681. The lowest BCUT2D eigenvalue weighted by Gasteiger charge is -2.39. The maximum absolute atomic E-state index is 12.7. The highest BCUT2D eigenvalue weighted by molar-refractivity contribution is 5.82. The number of amides is 1. The largest absolute Gasteiger partial charge is 0.376 e. The van der Waals surface area contributed by atoms with E-state index in [0.29, 0.717) is 12.5 Å². The summed E-state index contributed by atoms with van der Waals surface area (Å²) in [5, 5.41) is 3.15.